The molecular formula is C12H19N3O. The van der Waals surface area contributed by atoms with Crippen molar-refractivity contribution in [3.05, 3.63) is 34.2 Å². The van der Waals surface area contributed by atoms with E-state index in [2.05, 4.69) is 10.2 Å². The molecule has 1 aromatic rings. The Bertz CT molecular complexity index is 393. The highest BCUT2D eigenvalue weighted by Crippen LogP contribution is 2.01. The van der Waals surface area contributed by atoms with Crippen LogP contribution in [0.2, 0.25) is 0 Å². The minimum absolute atomic E-state index is 0.156. The molecule has 88 valence electrons. The Hall–Kier alpha value is -1.13. The molecule has 1 fully saturated rings. The summed E-state index contributed by atoms with van der Waals surface area (Å²) in [7, 11) is 0. The molecule has 2 heterocycles. The van der Waals surface area contributed by atoms with Gasteiger partial charge in [0.2, 0.25) is 0 Å². The van der Waals surface area contributed by atoms with Gasteiger partial charge in [0, 0.05) is 51.0 Å². The minimum atomic E-state index is 0.156. The maximum Gasteiger partial charge on any atom is 0.255 e. The SMILES string of the molecule is CCn1cccc(CN2CCNCC2)c1=O. The Kier molecular flexibility index (Phi) is 3.74. The molecule has 4 heteroatoms. The number of hydrogen-bond acceptors (Lipinski definition) is 3. The van der Waals surface area contributed by atoms with Crippen molar-refractivity contribution in [2.75, 3.05) is 26.2 Å². The molecule has 1 N–H and O–H groups in total. The first-order valence-electron chi connectivity index (χ1n) is 5.92. The molecule has 0 spiro atoms. The quantitative estimate of drug-likeness (QED) is 0.796. The summed E-state index contributed by atoms with van der Waals surface area (Å²) in [6.07, 6.45) is 1.85. The monoisotopic (exact) mass is 221 g/mol. The summed E-state index contributed by atoms with van der Waals surface area (Å²) in [6, 6.07) is 3.90. The van der Waals surface area contributed by atoms with Gasteiger partial charge in [0.25, 0.3) is 5.56 Å². The first-order valence-corrected chi connectivity index (χ1v) is 5.92. The molecule has 0 aliphatic carbocycles. The second kappa shape index (κ2) is 5.27. The van der Waals surface area contributed by atoms with Gasteiger partial charge in [-0.05, 0) is 13.0 Å². The van der Waals surface area contributed by atoms with Crippen molar-refractivity contribution in [2.45, 2.75) is 20.0 Å². The zero-order valence-corrected chi connectivity index (χ0v) is 9.78. The summed E-state index contributed by atoms with van der Waals surface area (Å²) in [6.45, 7) is 7.62. The van der Waals surface area contributed by atoms with E-state index in [4.69, 9.17) is 0 Å². The van der Waals surface area contributed by atoms with Gasteiger partial charge in [-0.15, -0.1) is 0 Å². The van der Waals surface area contributed by atoms with Crippen LogP contribution in [-0.4, -0.2) is 35.6 Å². The maximum atomic E-state index is 12.0. The largest absolute Gasteiger partial charge is 0.316 e. The van der Waals surface area contributed by atoms with Crippen molar-refractivity contribution in [2.24, 2.45) is 0 Å². The molecule has 0 unspecified atom stereocenters. The molecule has 1 aromatic heterocycles. The van der Waals surface area contributed by atoms with E-state index < -0.39 is 0 Å². The van der Waals surface area contributed by atoms with E-state index >= 15 is 0 Å². The number of hydrogen-bond donors (Lipinski definition) is 1. The smallest absolute Gasteiger partial charge is 0.255 e. The topological polar surface area (TPSA) is 37.3 Å². The fourth-order valence-electron chi connectivity index (χ4n) is 2.07. The Morgan fingerprint density at radius 1 is 1.38 bits per heavy atom. The van der Waals surface area contributed by atoms with E-state index in [1.807, 2.05) is 25.3 Å². The third kappa shape index (κ3) is 2.51. The zero-order valence-electron chi connectivity index (χ0n) is 9.78. The van der Waals surface area contributed by atoms with Gasteiger partial charge in [-0.3, -0.25) is 9.69 Å². The fraction of sp³-hybridized carbons (Fsp3) is 0.583. The average molecular weight is 221 g/mol. The lowest BCUT2D eigenvalue weighted by molar-refractivity contribution is 0.232. The minimum Gasteiger partial charge on any atom is -0.316 e. The lowest BCUT2D eigenvalue weighted by Crippen LogP contribution is -2.43. The molecule has 0 saturated carbocycles. The van der Waals surface area contributed by atoms with Crippen molar-refractivity contribution in [3.63, 3.8) is 0 Å². The van der Waals surface area contributed by atoms with Crippen LogP contribution in [0.15, 0.2) is 23.1 Å². The lowest BCUT2D eigenvalue weighted by Gasteiger charge is -2.27. The second-order valence-corrected chi connectivity index (χ2v) is 4.15. The summed E-state index contributed by atoms with van der Waals surface area (Å²) < 4.78 is 1.76. The summed E-state index contributed by atoms with van der Waals surface area (Å²) in [5, 5.41) is 3.31. The van der Waals surface area contributed by atoms with Gasteiger partial charge in [-0.1, -0.05) is 6.07 Å². The van der Waals surface area contributed by atoms with Gasteiger partial charge >= 0.3 is 0 Å². The van der Waals surface area contributed by atoms with Crippen LogP contribution in [0, 0.1) is 0 Å². The average Bonchev–Trinajstić information content (AvgIpc) is 2.33. The number of nitrogens with zero attached hydrogens (tertiary/aromatic N) is 2. The van der Waals surface area contributed by atoms with Crippen molar-refractivity contribution in [1.29, 1.82) is 0 Å². The summed E-state index contributed by atoms with van der Waals surface area (Å²) in [5.74, 6) is 0. The first kappa shape index (κ1) is 11.4. The molecule has 0 atom stereocenters. The highest BCUT2D eigenvalue weighted by molar-refractivity contribution is 5.10. The van der Waals surface area contributed by atoms with E-state index in [1.54, 1.807) is 4.57 Å². The molecule has 1 aliphatic rings. The van der Waals surface area contributed by atoms with Crippen LogP contribution < -0.4 is 10.9 Å². The Morgan fingerprint density at radius 3 is 2.81 bits per heavy atom. The second-order valence-electron chi connectivity index (χ2n) is 4.15. The van der Waals surface area contributed by atoms with Crippen LogP contribution in [0.25, 0.3) is 0 Å². The normalized spacial score (nSPS) is 17.6. The van der Waals surface area contributed by atoms with Crippen molar-refractivity contribution in [3.8, 4) is 0 Å². The first-order chi connectivity index (χ1) is 7.81. The third-order valence-electron chi connectivity index (χ3n) is 3.04. The van der Waals surface area contributed by atoms with Crippen LogP contribution in [0.1, 0.15) is 12.5 Å². The van der Waals surface area contributed by atoms with Gasteiger partial charge in [0.1, 0.15) is 0 Å². The number of aromatic nitrogens is 1. The molecule has 0 bridgehead atoms. The number of rotatable bonds is 3. The number of piperazine rings is 1. The standard InChI is InChI=1S/C12H19N3O/c1-2-15-7-3-4-11(12(15)16)10-14-8-5-13-6-9-14/h3-4,7,13H,2,5-6,8-10H2,1H3. The van der Waals surface area contributed by atoms with Crippen LogP contribution in [0.5, 0.6) is 0 Å². The molecule has 2 rings (SSSR count). The van der Waals surface area contributed by atoms with Crippen LogP contribution in [0.4, 0.5) is 0 Å². The summed E-state index contributed by atoms with van der Waals surface area (Å²) in [4.78, 5) is 14.3. The van der Waals surface area contributed by atoms with E-state index in [0.717, 1.165) is 44.8 Å². The predicted octanol–water partition coefficient (Wildman–Crippen LogP) is 0.273. The molecule has 1 saturated heterocycles. The molecule has 0 aromatic carbocycles. The van der Waals surface area contributed by atoms with Gasteiger partial charge in [0.15, 0.2) is 0 Å². The van der Waals surface area contributed by atoms with Gasteiger partial charge in [-0.25, -0.2) is 0 Å². The van der Waals surface area contributed by atoms with E-state index in [9.17, 15) is 4.79 Å². The summed E-state index contributed by atoms with van der Waals surface area (Å²) in [5.41, 5.74) is 1.06. The molecule has 0 radical (unpaired) electrons. The number of aryl methyl sites for hydroxylation is 1. The molecular weight excluding hydrogens is 202 g/mol. The van der Waals surface area contributed by atoms with Crippen molar-refractivity contribution in [1.82, 2.24) is 14.8 Å². The third-order valence-corrected chi connectivity index (χ3v) is 3.04. The van der Waals surface area contributed by atoms with Crippen LogP contribution in [0.3, 0.4) is 0 Å². The van der Waals surface area contributed by atoms with E-state index in [0.29, 0.717) is 0 Å². The number of nitrogens with one attached hydrogen (secondary N) is 1. The highest BCUT2D eigenvalue weighted by atomic mass is 16.1. The van der Waals surface area contributed by atoms with Gasteiger partial charge in [0.05, 0.1) is 0 Å². The van der Waals surface area contributed by atoms with Crippen molar-refractivity contribution < 1.29 is 0 Å². The molecule has 4 nitrogen and oxygen atoms in total. The molecule has 0 amide bonds. The number of pyridine rings is 1. The highest BCUT2D eigenvalue weighted by Gasteiger charge is 2.11. The predicted molar refractivity (Wildman–Crippen MR) is 64.5 cm³/mol. The maximum absolute atomic E-state index is 12.0. The molecule has 16 heavy (non-hydrogen) atoms. The van der Waals surface area contributed by atoms with Gasteiger partial charge in [-0.2, -0.15) is 0 Å². The zero-order chi connectivity index (χ0) is 11.4. The van der Waals surface area contributed by atoms with Crippen LogP contribution in [-0.2, 0) is 13.1 Å². The Morgan fingerprint density at radius 2 is 2.12 bits per heavy atom. The Balaban J connectivity index is 2.11. The van der Waals surface area contributed by atoms with Crippen molar-refractivity contribution >= 4 is 0 Å². The lowest BCUT2D eigenvalue weighted by atomic mass is 10.2. The Labute approximate surface area is 95.9 Å². The fourth-order valence-corrected chi connectivity index (χ4v) is 2.07. The van der Waals surface area contributed by atoms with E-state index in [-0.39, 0.29) is 5.56 Å². The molecule has 1 aliphatic heterocycles. The summed E-state index contributed by atoms with van der Waals surface area (Å²) >= 11 is 0. The van der Waals surface area contributed by atoms with Gasteiger partial charge < -0.3 is 9.88 Å². The van der Waals surface area contributed by atoms with E-state index in [1.165, 1.54) is 0 Å². The van der Waals surface area contributed by atoms with Crippen LogP contribution >= 0.6 is 0 Å².